The first-order valence-electron chi connectivity index (χ1n) is 6.85. The molecule has 7 heteroatoms. The molecule has 0 aromatic carbocycles. The summed E-state index contributed by atoms with van der Waals surface area (Å²) < 4.78 is 15.9. The summed E-state index contributed by atoms with van der Waals surface area (Å²) in [4.78, 5) is 25.7. The summed E-state index contributed by atoms with van der Waals surface area (Å²) in [6.07, 6.45) is -1.04. The van der Waals surface area contributed by atoms with Crippen molar-refractivity contribution in [2.45, 2.75) is 51.6 Å². The zero-order chi connectivity index (χ0) is 14.9. The fourth-order valence-electron chi connectivity index (χ4n) is 2.34. The SMILES string of the molecule is CCOC(=O)[C@H]1[C@@H]2N[C@@H](CO2)CN1C(=O)OC(C)(C)C. The molecule has 0 unspecified atom stereocenters. The Hall–Kier alpha value is -1.34. The van der Waals surface area contributed by atoms with E-state index in [1.165, 1.54) is 4.90 Å². The number of nitrogens with zero attached hydrogens (tertiary/aromatic N) is 1. The maximum Gasteiger partial charge on any atom is 0.411 e. The van der Waals surface area contributed by atoms with Gasteiger partial charge in [0.15, 0.2) is 6.04 Å². The van der Waals surface area contributed by atoms with E-state index in [0.29, 0.717) is 13.2 Å². The van der Waals surface area contributed by atoms with Crippen LogP contribution in [-0.2, 0) is 19.0 Å². The van der Waals surface area contributed by atoms with E-state index in [1.54, 1.807) is 27.7 Å². The topological polar surface area (TPSA) is 77.1 Å². The molecule has 2 saturated heterocycles. The highest BCUT2D eigenvalue weighted by Gasteiger charge is 2.48. The number of amides is 1. The van der Waals surface area contributed by atoms with Gasteiger partial charge in [0, 0.05) is 6.54 Å². The van der Waals surface area contributed by atoms with Gasteiger partial charge in [-0.05, 0) is 27.7 Å². The number of ether oxygens (including phenoxy) is 3. The van der Waals surface area contributed by atoms with E-state index < -0.39 is 29.9 Å². The van der Waals surface area contributed by atoms with Crippen LogP contribution < -0.4 is 5.32 Å². The molecule has 1 N–H and O–H groups in total. The largest absolute Gasteiger partial charge is 0.464 e. The molecular formula is C13H22N2O5. The lowest BCUT2D eigenvalue weighted by atomic mass is 10.1. The van der Waals surface area contributed by atoms with Gasteiger partial charge < -0.3 is 14.2 Å². The highest BCUT2D eigenvalue weighted by molar-refractivity contribution is 5.82. The number of piperazine rings is 1. The van der Waals surface area contributed by atoms with Gasteiger partial charge in [0.25, 0.3) is 0 Å². The summed E-state index contributed by atoms with van der Waals surface area (Å²) >= 11 is 0. The third-order valence-corrected chi connectivity index (χ3v) is 3.07. The lowest BCUT2D eigenvalue weighted by Gasteiger charge is -2.38. The molecule has 2 aliphatic heterocycles. The Morgan fingerprint density at radius 1 is 1.40 bits per heavy atom. The van der Waals surface area contributed by atoms with E-state index in [-0.39, 0.29) is 12.6 Å². The Labute approximate surface area is 118 Å². The minimum Gasteiger partial charge on any atom is -0.464 e. The molecule has 0 aromatic rings. The lowest BCUT2D eigenvalue weighted by Crippen LogP contribution is -2.63. The monoisotopic (exact) mass is 286 g/mol. The number of carbonyl (C=O) groups is 2. The van der Waals surface area contributed by atoms with Crippen molar-refractivity contribution in [2.75, 3.05) is 19.8 Å². The standard InChI is InChI=1S/C13H22N2O5/c1-5-18-11(16)9-10-14-8(7-19-10)6-15(9)12(17)20-13(2,3)4/h8-10,14H,5-7H2,1-4H3/t8-,9-,10-/m1/s1. The van der Waals surface area contributed by atoms with E-state index in [1.807, 2.05) is 0 Å². The van der Waals surface area contributed by atoms with E-state index >= 15 is 0 Å². The maximum absolute atomic E-state index is 12.3. The quantitative estimate of drug-likeness (QED) is 0.744. The summed E-state index contributed by atoms with van der Waals surface area (Å²) in [7, 11) is 0. The van der Waals surface area contributed by atoms with Crippen LogP contribution >= 0.6 is 0 Å². The number of carbonyl (C=O) groups excluding carboxylic acids is 2. The third-order valence-electron chi connectivity index (χ3n) is 3.07. The molecule has 2 bridgehead atoms. The van der Waals surface area contributed by atoms with Crippen LogP contribution in [0.2, 0.25) is 0 Å². The number of fused-ring (bicyclic) bond motifs is 2. The first-order chi connectivity index (χ1) is 9.31. The molecule has 2 heterocycles. The van der Waals surface area contributed by atoms with Gasteiger partial charge in [0.1, 0.15) is 11.8 Å². The van der Waals surface area contributed by atoms with Crippen LogP contribution in [0.4, 0.5) is 4.79 Å². The maximum atomic E-state index is 12.3. The molecule has 2 rings (SSSR count). The van der Waals surface area contributed by atoms with Crippen LogP contribution in [-0.4, -0.2) is 60.6 Å². The third kappa shape index (κ3) is 3.21. The van der Waals surface area contributed by atoms with Crippen LogP contribution in [0.15, 0.2) is 0 Å². The number of nitrogens with one attached hydrogen (secondary N) is 1. The Morgan fingerprint density at radius 2 is 2.10 bits per heavy atom. The minimum atomic E-state index is -0.802. The van der Waals surface area contributed by atoms with Crippen molar-refractivity contribution in [3.05, 3.63) is 0 Å². The smallest absolute Gasteiger partial charge is 0.411 e. The van der Waals surface area contributed by atoms with E-state index in [4.69, 9.17) is 14.2 Å². The second kappa shape index (κ2) is 5.57. The van der Waals surface area contributed by atoms with Crippen LogP contribution in [0.5, 0.6) is 0 Å². The van der Waals surface area contributed by atoms with Gasteiger partial charge in [0.2, 0.25) is 0 Å². The van der Waals surface area contributed by atoms with E-state index in [9.17, 15) is 9.59 Å². The fourth-order valence-corrected chi connectivity index (χ4v) is 2.34. The number of rotatable bonds is 2. The highest BCUT2D eigenvalue weighted by Crippen LogP contribution is 2.23. The van der Waals surface area contributed by atoms with Gasteiger partial charge >= 0.3 is 12.1 Å². The molecule has 2 aliphatic rings. The lowest BCUT2D eigenvalue weighted by molar-refractivity contribution is -0.155. The van der Waals surface area contributed by atoms with Gasteiger partial charge in [-0.25, -0.2) is 9.59 Å². The molecule has 7 nitrogen and oxygen atoms in total. The number of esters is 1. The van der Waals surface area contributed by atoms with Crippen LogP contribution in [0.25, 0.3) is 0 Å². The van der Waals surface area contributed by atoms with Crippen molar-refractivity contribution in [3.8, 4) is 0 Å². The first-order valence-corrected chi connectivity index (χ1v) is 6.85. The molecule has 1 amide bonds. The molecule has 0 spiro atoms. The van der Waals surface area contributed by atoms with Crippen molar-refractivity contribution < 1.29 is 23.8 Å². The molecular weight excluding hydrogens is 264 g/mol. The minimum absolute atomic E-state index is 0.0261. The summed E-state index contributed by atoms with van der Waals surface area (Å²) in [5.74, 6) is -0.476. The van der Waals surface area contributed by atoms with Crippen LogP contribution in [0.3, 0.4) is 0 Å². The van der Waals surface area contributed by atoms with Crippen LogP contribution in [0, 0.1) is 0 Å². The summed E-state index contributed by atoms with van der Waals surface area (Å²) in [5, 5.41) is 3.15. The highest BCUT2D eigenvalue weighted by atomic mass is 16.6. The summed E-state index contributed by atoms with van der Waals surface area (Å²) in [6.45, 7) is 8.19. The van der Waals surface area contributed by atoms with Gasteiger partial charge in [-0.15, -0.1) is 0 Å². The first kappa shape index (κ1) is 15.1. The van der Waals surface area contributed by atoms with Crippen molar-refractivity contribution in [3.63, 3.8) is 0 Å². The van der Waals surface area contributed by atoms with Gasteiger partial charge in [-0.1, -0.05) is 0 Å². The van der Waals surface area contributed by atoms with Gasteiger partial charge in [0.05, 0.1) is 19.3 Å². The normalized spacial score (nSPS) is 29.2. The molecule has 0 saturated carbocycles. The predicted octanol–water partition coefficient (Wildman–Crippen LogP) is 0.483. The summed E-state index contributed by atoms with van der Waals surface area (Å²) in [6, 6.07) is -0.776. The fraction of sp³-hybridized carbons (Fsp3) is 0.846. The zero-order valence-corrected chi connectivity index (χ0v) is 12.3. The van der Waals surface area contributed by atoms with Crippen molar-refractivity contribution >= 4 is 12.1 Å². The second-order valence-electron chi connectivity index (χ2n) is 5.95. The van der Waals surface area contributed by atoms with Gasteiger partial charge in [-0.3, -0.25) is 10.2 Å². The summed E-state index contributed by atoms with van der Waals surface area (Å²) in [5.41, 5.74) is -0.610. The van der Waals surface area contributed by atoms with Crippen LogP contribution in [0.1, 0.15) is 27.7 Å². The Bertz CT molecular complexity index is 393. The molecule has 20 heavy (non-hydrogen) atoms. The van der Waals surface area contributed by atoms with E-state index in [2.05, 4.69) is 5.32 Å². The van der Waals surface area contributed by atoms with Gasteiger partial charge in [-0.2, -0.15) is 0 Å². The zero-order valence-electron chi connectivity index (χ0n) is 12.3. The second-order valence-corrected chi connectivity index (χ2v) is 5.95. The van der Waals surface area contributed by atoms with Crippen molar-refractivity contribution in [1.29, 1.82) is 0 Å². The Kier molecular flexibility index (Phi) is 4.19. The Morgan fingerprint density at radius 3 is 2.70 bits per heavy atom. The molecule has 2 fully saturated rings. The number of hydrogen-bond acceptors (Lipinski definition) is 6. The molecule has 0 radical (unpaired) electrons. The Balaban J connectivity index is 2.15. The van der Waals surface area contributed by atoms with Crippen molar-refractivity contribution in [2.24, 2.45) is 0 Å². The average Bonchev–Trinajstić information content (AvgIpc) is 2.68. The molecule has 0 aliphatic carbocycles. The molecule has 3 atom stereocenters. The molecule has 114 valence electrons. The average molecular weight is 286 g/mol. The van der Waals surface area contributed by atoms with Crippen molar-refractivity contribution in [1.82, 2.24) is 10.2 Å². The van der Waals surface area contributed by atoms with E-state index in [0.717, 1.165) is 0 Å². The molecule has 0 aromatic heterocycles. The number of hydrogen-bond donors (Lipinski definition) is 1. The predicted molar refractivity (Wildman–Crippen MR) is 70.0 cm³/mol.